The van der Waals surface area contributed by atoms with Crippen molar-refractivity contribution >= 4 is 27.7 Å². The molecule has 0 aliphatic carbocycles. The van der Waals surface area contributed by atoms with Crippen LogP contribution in [0.25, 0.3) is 0 Å². The van der Waals surface area contributed by atoms with E-state index in [0.717, 1.165) is 0 Å². The van der Waals surface area contributed by atoms with Gasteiger partial charge in [-0.25, -0.2) is 0 Å². The van der Waals surface area contributed by atoms with E-state index in [1.807, 2.05) is 13.8 Å². The largest absolute Gasteiger partial charge is 0.465 e. The first-order chi connectivity index (χ1) is 7.26. The number of carbonyl (C=O) groups is 2. The minimum atomic E-state index is -1.09. The number of ether oxygens (including phenoxy) is 1. The van der Waals surface area contributed by atoms with Crippen LogP contribution < -0.4 is 0 Å². The summed E-state index contributed by atoms with van der Waals surface area (Å²) in [6.45, 7) is 9.13. The lowest BCUT2D eigenvalue weighted by Gasteiger charge is -2.31. The molecule has 3 nitrogen and oxygen atoms in total. The summed E-state index contributed by atoms with van der Waals surface area (Å²) >= 11 is 3.45. The van der Waals surface area contributed by atoms with Gasteiger partial charge in [-0.2, -0.15) is 0 Å². The van der Waals surface area contributed by atoms with E-state index < -0.39 is 15.7 Å². The summed E-state index contributed by atoms with van der Waals surface area (Å²) < 4.78 is 4.31. The van der Waals surface area contributed by atoms with E-state index in [9.17, 15) is 9.59 Å². The van der Waals surface area contributed by atoms with Gasteiger partial charge in [-0.1, -0.05) is 29.8 Å². The quantitative estimate of drug-likeness (QED) is 0.429. The average Bonchev–Trinajstić information content (AvgIpc) is 2.27. The van der Waals surface area contributed by atoms with Crippen molar-refractivity contribution in [3.63, 3.8) is 0 Å². The zero-order chi connectivity index (χ0) is 13.0. The van der Waals surface area contributed by atoms with E-state index in [-0.39, 0.29) is 5.78 Å². The van der Waals surface area contributed by atoms with Crippen LogP contribution in [-0.2, 0) is 14.3 Å². The lowest BCUT2D eigenvalue weighted by atomic mass is 9.79. The summed E-state index contributed by atoms with van der Waals surface area (Å²) in [7, 11) is 0. The zero-order valence-corrected chi connectivity index (χ0v) is 12.3. The second-order valence-corrected chi connectivity index (χ2v) is 5.86. The van der Waals surface area contributed by atoms with Crippen molar-refractivity contribution in [1.82, 2.24) is 0 Å². The van der Waals surface area contributed by atoms with Gasteiger partial charge < -0.3 is 4.74 Å². The van der Waals surface area contributed by atoms with Crippen LogP contribution in [0.15, 0.2) is 0 Å². The van der Waals surface area contributed by atoms with E-state index in [1.165, 1.54) is 0 Å². The number of hydrogen-bond acceptors (Lipinski definition) is 3. The molecule has 16 heavy (non-hydrogen) atoms. The van der Waals surface area contributed by atoms with Crippen molar-refractivity contribution in [2.24, 2.45) is 5.41 Å². The Bertz CT molecular complexity index is 267. The molecule has 0 saturated carbocycles. The first-order valence-corrected chi connectivity index (χ1v) is 6.46. The number of ketones is 1. The van der Waals surface area contributed by atoms with Crippen LogP contribution in [0.4, 0.5) is 0 Å². The number of rotatable bonds is 6. The molecule has 0 aliphatic rings. The van der Waals surface area contributed by atoms with Crippen molar-refractivity contribution < 1.29 is 14.3 Å². The molecule has 0 heterocycles. The number of halogens is 1. The standard InChI is InChI=1S/C12H21BrO3/c1-6-12(13,7-2)9(14)11(4,5)10(15)16-8-3/h6-8H2,1-5H3. The van der Waals surface area contributed by atoms with E-state index in [0.29, 0.717) is 19.4 Å². The molecular weight excluding hydrogens is 272 g/mol. The summed E-state index contributed by atoms with van der Waals surface area (Å²) in [4.78, 5) is 24.0. The molecular formula is C12H21BrO3. The summed E-state index contributed by atoms with van der Waals surface area (Å²) in [5, 5.41) is 0. The van der Waals surface area contributed by atoms with E-state index in [2.05, 4.69) is 15.9 Å². The number of carbonyl (C=O) groups excluding carboxylic acids is 2. The third-order valence-electron chi connectivity index (χ3n) is 2.88. The number of hydrogen-bond donors (Lipinski definition) is 0. The Labute approximate surface area is 106 Å². The van der Waals surface area contributed by atoms with Gasteiger partial charge in [0, 0.05) is 0 Å². The van der Waals surface area contributed by atoms with Crippen molar-refractivity contribution in [2.75, 3.05) is 6.61 Å². The van der Waals surface area contributed by atoms with Gasteiger partial charge in [0.15, 0.2) is 5.78 Å². The Morgan fingerprint density at radius 2 is 1.56 bits per heavy atom. The van der Waals surface area contributed by atoms with Crippen LogP contribution in [0.1, 0.15) is 47.5 Å². The van der Waals surface area contributed by atoms with Crippen molar-refractivity contribution in [3.05, 3.63) is 0 Å². The molecule has 0 saturated heterocycles. The smallest absolute Gasteiger partial charge is 0.319 e. The maximum Gasteiger partial charge on any atom is 0.319 e. The molecule has 0 amide bonds. The fourth-order valence-corrected chi connectivity index (χ4v) is 2.03. The van der Waals surface area contributed by atoms with Crippen molar-refractivity contribution in [3.8, 4) is 0 Å². The second-order valence-electron chi connectivity index (χ2n) is 4.35. The predicted octanol–water partition coefficient (Wildman–Crippen LogP) is 3.10. The summed E-state index contributed by atoms with van der Waals surface area (Å²) in [5.74, 6) is -0.561. The molecule has 94 valence electrons. The molecule has 0 rings (SSSR count). The summed E-state index contributed by atoms with van der Waals surface area (Å²) in [6.07, 6.45) is 1.32. The van der Waals surface area contributed by atoms with E-state index in [4.69, 9.17) is 4.74 Å². The van der Waals surface area contributed by atoms with Gasteiger partial charge in [0.05, 0.1) is 10.9 Å². The van der Waals surface area contributed by atoms with Gasteiger partial charge in [-0.3, -0.25) is 9.59 Å². The highest BCUT2D eigenvalue weighted by atomic mass is 79.9. The van der Waals surface area contributed by atoms with Crippen LogP contribution in [0, 0.1) is 5.41 Å². The third-order valence-corrected chi connectivity index (χ3v) is 4.36. The van der Waals surface area contributed by atoms with Crippen LogP contribution >= 0.6 is 15.9 Å². The fraction of sp³-hybridized carbons (Fsp3) is 0.833. The third kappa shape index (κ3) is 3.06. The molecule has 0 N–H and O–H groups in total. The van der Waals surface area contributed by atoms with Crippen molar-refractivity contribution in [1.29, 1.82) is 0 Å². The number of alkyl halides is 1. The number of Topliss-reactive ketones (excluding diaryl/α,β-unsaturated/α-hetero) is 1. The summed E-state index contributed by atoms with van der Waals surface area (Å²) in [6, 6.07) is 0. The molecule has 4 heteroatoms. The molecule has 0 aromatic carbocycles. The molecule has 0 unspecified atom stereocenters. The highest BCUT2D eigenvalue weighted by Crippen LogP contribution is 2.36. The zero-order valence-electron chi connectivity index (χ0n) is 10.7. The topological polar surface area (TPSA) is 43.4 Å². The molecule has 0 aliphatic heterocycles. The predicted molar refractivity (Wildman–Crippen MR) is 67.7 cm³/mol. The average molecular weight is 293 g/mol. The Morgan fingerprint density at radius 1 is 1.12 bits per heavy atom. The maximum absolute atomic E-state index is 12.3. The Hall–Kier alpha value is -0.380. The van der Waals surface area contributed by atoms with E-state index in [1.54, 1.807) is 20.8 Å². The van der Waals surface area contributed by atoms with Gasteiger partial charge in [0.1, 0.15) is 5.41 Å². The van der Waals surface area contributed by atoms with Crippen molar-refractivity contribution in [2.45, 2.75) is 51.8 Å². The van der Waals surface area contributed by atoms with E-state index >= 15 is 0 Å². The van der Waals surface area contributed by atoms with Gasteiger partial charge in [0.25, 0.3) is 0 Å². The molecule has 0 aromatic heterocycles. The normalized spacial score (nSPS) is 12.4. The SMILES string of the molecule is CCOC(=O)C(C)(C)C(=O)C(Br)(CC)CC. The Balaban J connectivity index is 5.02. The molecule has 0 radical (unpaired) electrons. The fourth-order valence-electron chi connectivity index (χ4n) is 1.54. The van der Waals surface area contributed by atoms with Crippen LogP contribution in [0.2, 0.25) is 0 Å². The second kappa shape index (κ2) is 5.80. The van der Waals surface area contributed by atoms with Gasteiger partial charge in [0.2, 0.25) is 0 Å². The van der Waals surface area contributed by atoms with Gasteiger partial charge in [-0.15, -0.1) is 0 Å². The Morgan fingerprint density at radius 3 is 1.88 bits per heavy atom. The first-order valence-electron chi connectivity index (χ1n) is 5.67. The van der Waals surface area contributed by atoms with Crippen LogP contribution in [0.5, 0.6) is 0 Å². The van der Waals surface area contributed by atoms with Gasteiger partial charge >= 0.3 is 5.97 Å². The summed E-state index contributed by atoms with van der Waals surface area (Å²) in [5.41, 5.74) is -1.09. The maximum atomic E-state index is 12.3. The highest BCUT2D eigenvalue weighted by molar-refractivity contribution is 9.10. The minimum absolute atomic E-state index is 0.108. The first kappa shape index (κ1) is 15.6. The molecule has 0 spiro atoms. The lowest BCUT2D eigenvalue weighted by Crippen LogP contribution is -2.46. The highest BCUT2D eigenvalue weighted by Gasteiger charge is 2.46. The lowest BCUT2D eigenvalue weighted by molar-refractivity contribution is -0.158. The monoisotopic (exact) mass is 292 g/mol. The molecule has 0 bridgehead atoms. The van der Waals surface area contributed by atoms with Gasteiger partial charge in [-0.05, 0) is 33.6 Å². The van der Waals surface area contributed by atoms with Crippen LogP contribution in [-0.4, -0.2) is 22.7 Å². The molecule has 0 atom stereocenters. The molecule has 0 aromatic rings. The Kier molecular flexibility index (Phi) is 5.66. The number of esters is 1. The van der Waals surface area contributed by atoms with Crippen LogP contribution in [0.3, 0.4) is 0 Å². The minimum Gasteiger partial charge on any atom is -0.465 e. The molecule has 0 fully saturated rings.